The van der Waals surface area contributed by atoms with Crippen LogP contribution < -0.4 is 19.5 Å². The Morgan fingerprint density at radius 2 is 1.73 bits per heavy atom. The number of halogens is 1. The summed E-state index contributed by atoms with van der Waals surface area (Å²) in [4.78, 5) is 13.0. The number of hydrogen-bond acceptors (Lipinski definition) is 5. The van der Waals surface area contributed by atoms with Crippen LogP contribution in [0.5, 0.6) is 11.5 Å². The highest BCUT2D eigenvalue weighted by Crippen LogP contribution is 2.27. The van der Waals surface area contributed by atoms with Gasteiger partial charge in [0.15, 0.2) is 0 Å². The van der Waals surface area contributed by atoms with E-state index in [4.69, 9.17) is 21.1 Å². The normalized spacial score (nSPS) is 12.1. The molecule has 1 atom stereocenters. The van der Waals surface area contributed by atoms with Gasteiger partial charge in [-0.15, -0.1) is 0 Å². The summed E-state index contributed by atoms with van der Waals surface area (Å²) in [5.41, 5.74) is 1.32. The van der Waals surface area contributed by atoms with Crippen molar-refractivity contribution in [3.05, 3.63) is 83.4 Å². The first-order valence-corrected chi connectivity index (χ1v) is 12.1. The Kier molecular flexibility index (Phi) is 8.32. The van der Waals surface area contributed by atoms with Gasteiger partial charge < -0.3 is 14.8 Å². The molecule has 0 aliphatic carbocycles. The van der Waals surface area contributed by atoms with Crippen molar-refractivity contribution < 1.29 is 22.7 Å². The van der Waals surface area contributed by atoms with Crippen molar-refractivity contribution >= 4 is 33.2 Å². The maximum atomic E-state index is 13.1. The summed E-state index contributed by atoms with van der Waals surface area (Å²) in [5.74, 6) is 0.530. The van der Waals surface area contributed by atoms with E-state index in [1.54, 1.807) is 38.3 Å². The van der Waals surface area contributed by atoms with E-state index in [0.29, 0.717) is 23.8 Å². The van der Waals surface area contributed by atoms with Crippen LogP contribution in [0.4, 0.5) is 5.69 Å². The van der Waals surface area contributed by atoms with Crippen molar-refractivity contribution in [2.75, 3.05) is 19.0 Å². The molecular formula is C24H25ClN2O5S. The summed E-state index contributed by atoms with van der Waals surface area (Å²) in [5, 5.41) is 2.93. The Morgan fingerprint density at radius 3 is 2.33 bits per heavy atom. The predicted molar refractivity (Wildman–Crippen MR) is 129 cm³/mol. The quantitative estimate of drug-likeness (QED) is 0.444. The lowest BCUT2D eigenvalue weighted by Gasteiger charge is -2.19. The number of hydrogen-bond donors (Lipinski definition) is 2. The summed E-state index contributed by atoms with van der Waals surface area (Å²) in [6.07, 6.45) is 0.160. The molecule has 0 spiro atoms. The van der Waals surface area contributed by atoms with E-state index in [2.05, 4.69) is 10.0 Å². The highest BCUT2D eigenvalue weighted by Gasteiger charge is 2.27. The van der Waals surface area contributed by atoms with Gasteiger partial charge in [-0.2, -0.15) is 4.72 Å². The fourth-order valence-electron chi connectivity index (χ4n) is 3.12. The number of amides is 1. The summed E-state index contributed by atoms with van der Waals surface area (Å²) in [7, 11) is -2.51. The molecule has 33 heavy (non-hydrogen) atoms. The van der Waals surface area contributed by atoms with Gasteiger partial charge in [0.05, 0.1) is 23.6 Å². The Hall–Kier alpha value is -3.07. The fraction of sp³-hybridized carbons (Fsp3) is 0.208. The molecule has 2 N–H and O–H groups in total. The summed E-state index contributed by atoms with van der Waals surface area (Å²) in [6.45, 7) is 2.20. The molecule has 174 valence electrons. The molecule has 3 aromatic carbocycles. The Morgan fingerprint density at radius 1 is 1.03 bits per heavy atom. The third kappa shape index (κ3) is 6.71. The van der Waals surface area contributed by atoms with Crippen molar-refractivity contribution in [2.24, 2.45) is 0 Å². The number of rotatable bonds is 10. The largest absolute Gasteiger partial charge is 0.497 e. The molecule has 3 rings (SSSR count). The van der Waals surface area contributed by atoms with E-state index >= 15 is 0 Å². The smallest absolute Gasteiger partial charge is 0.242 e. The van der Waals surface area contributed by atoms with Crippen LogP contribution in [0.1, 0.15) is 12.5 Å². The van der Waals surface area contributed by atoms with Crippen molar-refractivity contribution in [1.82, 2.24) is 4.72 Å². The van der Waals surface area contributed by atoms with E-state index in [1.807, 2.05) is 30.3 Å². The van der Waals surface area contributed by atoms with Crippen molar-refractivity contribution in [1.29, 1.82) is 0 Å². The number of carbonyl (C=O) groups is 1. The van der Waals surface area contributed by atoms with Gasteiger partial charge >= 0.3 is 0 Å². The van der Waals surface area contributed by atoms with Crippen LogP contribution in [0, 0.1) is 0 Å². The molecule has 0 bridgehead atoms. The summed E-state index contributed by atoms with van der Waals surface area (Å²) >= 11 is 6.17. The van der Waals surface area contributed by atoms with Crippen LogP contribution in [0.3, 0.4) is 0 Å². The lowest BCUT2D eigenvalue weighted by atomic mass is 10.1. The topological polar surface area (TPSA) is 93.7 Å². The molecule has 0 saturated carbocycles. The molecule has 0 aromatic heterocycles. The SMILES string of the molecule is CCOc1ccc(S(=O)(=O)N[C@H](Cc2ccccc2)C(=O)Nc2ccc(OC)cc2)cc1Cl. The van der Waals surface area contributed by atoms with Crippen LogP contribution in [0.2, 0.25) is 5.02 Å². The minimum atomic E-state index is -4.05. The number of carbonyl (C=O) groups excluding carboxylic acids is 1. The van der Waals surface area contributed by atoms with Crippen molar-refractivity contribution in [2.45, 2.75) is 24.3 Å². The Labute approximate surface area is 198 Å². The maximum absolute atomic E-state index is 13.1. The van der Waals surface area contributed by atoms with Gasteiger partial charge in [-0.25, -0.2) is 8.42 Å². The van der Waals surface area contributed by atoms with Gasteiger partial charge in [-0.1, -0.05) is 41.9 Å². The van der Waals surface area contributed by atoms with Crippen LogP contribution in [0.15, 0.2) is 77.7 Å². The van der Waals surface area contributed by atoms with E-state index in [9.17, 15) is 13.2 Å². The Bertz CT molecular complexity index is 1190. The first-order valence-electron chi connectivity index (χ1n) is 10.3. The standard InChI is InChI=1S/C24H25ClN2O5S/c1-3-32-23-14-13-20(16-21(23)25)33(29,30)27-22(15-17-7-5-4-6-8-17)24(28)26-18-9-11-19(31-2)12-10-18/h4-14,16,22,27H,3,15H2,1-2H3,(H,26,28)/t22-/m1/s1. The zero-order chi connectivity index (χ0) is 23.8. The lowest BCUT2D eigenvalue weighted by molar-refractivity contribution is -0.117. The van der Waals surface area contributed by atoms with Crippen LogP contribution in [-0.4, -0.2) is 34.1 Å². The molecule has 0 heterocycles. The zero-order valence-corrected chi connectivity index (χ0v) is 19.8. The van der Waals surface area contributed by atoms with Gasteiger partial charge in [0, 0.05) is 5.69 Å². The average Bonchev–Trinajstić information content (AvgIpc) is 2.81. The number of sulfonamides is 1. The second-order valence-electron chi connectivity index (χ2n) is 7.11. The van der Waals surface area contributed by atoms with Gasteiger partial charge in [-0.05, 0) is 61.4 Å². The molecule has 0 unspecified atom stereocenters. The van der Waals surface area contributed by atoms with Gasteiger partial charge in [0.25, 0.3) is 0 Å². The van der Waals surface area contributed by atoms with E-state index in [0.717, 1.165) is 5.56 Å². The number of benzene rings is 3. The molecule has 7 nitrogen and oxygen atoms in total. The van der Waals surface area contributed by atoms with E-state index in [-0.39, 0.29) is 16.3 Å². The fourth-order valence-corrected chi connectivity index (χ4v) is 4.64. The summed E-state index contributed by atoms with van der Waals surface area (Å²) in [6, 6.07) is 19.0. The highest BCUT2D eigenvalue weighted by molar-refractivity contribution is 7.89. The van der Waals surface area contributed by atoms with Crippen molar-refractivity contribution in [3.8, 4) is 11.5 Å². The number of ether oxygens (including phenoxy) is 2. The van der Waals surface area contributed by atoms with Crippen LogP contribution in [0.25, 0.3) is 0 Å². The number of nitrogens with one attached hydrogen (secondary N) is 2. The third-order valence-electron chi connectivity index (χ3n) is 4.77. The van der Waals surface area contributed by atoms with Crippen LogP contribution in [-0.2, 0) is 21.2 Å². The monoisotopic (exact) mass is 488 g/mol. The second-order valence-corrected chi connectivity index (χ2v) is 9.23. The first-order chi connectivity index (χ1) is 15.8. The maximum Gasteiger partial charge on any atom is 0.242 e. The molecule has 9 heteroatoms. The van der Waals surface area contributed by atoms with E-state index in [1.165, 1.54) is 18.2 Å². The van der Waals surface area contributed by atoms with Crippen molar-refractivity contribution in [3.63, 3.8) is 0 Å². The minimum Gasteiger partial charge on any atom is -0.497 e. The highest BCUT2D eigenvalue weighted by atomic mass is 35.5. The molecule has 1 amide bonds. The molecule has 0 aliphatic heterocycles. The summed E-state index contributed by atoms with van der Waals surface area (Å²) < 4.78 is 39.2. The Balaban J connectivity index is 1.85. The van der Waals surface area contributed by atoms with Gasteiger partial charge in [0.2, 0.25) is 15.9 Å². The van der Waals surface area contributed by atoms with Gasteiger partial charge in [-0.3, -0.25) is 4.79 Å². The predicted octanol–water partition coefficient (Wildman–Crippen LogP) is 4.28. The number of methoxy groups -OCH3 is 1. The lowest BCUT2D eigenvalue weighted by Crippen LogP contribution is -2.45. The first kappa shape index (κ1) is 24.6. The molecule has 3 aromatic rings. The zero-order valence-electron chi connectivity index (χ0n) is 18.2. The van der Waals surface area contributed by atoms with Crippen LogP contribution >= 0.6 is 11.6 Å². The molecule has 0 radical (unpaired) electrons. The molecule has 0 fully saturated rings. The molecule has 0 aliphatic rings. The third-order valence-corrected chi connectivity index (χ3v) is 6.53. The number of anilines is 1. The molecular weight excluding hydrogens is 464 g/mol. The van der Waals surface area contributed by atoms with Gasteiger partial charge in [0.1, 0.15) is 17.5 Å². The molecule has 0 saturated heterocycles. The average molecular weight is 489 g/mol. The second kappa shape index (κ2) is 11.2. The minimum absolute atomic E-state index is 0.0636. The van der Waals surface area contributed by atoms with E-state index < -0.39 is 22.0 Å².